The molecule has 0 aliphatic carbocycles. The zero-order chi connectivity index (χ0) is 10.7. The van der Waals surface area contributed by atoms with E-state index >= 15 is 0 Å². The zero-order valence-electron chi connectivity index (χ0n) is 8.59. The van der Waals surface area contributed by atoms with E-state index in [0.29, 0.717) is 5.25 Å². The second kappa shape index (κ2) is 5.20. The molecule has 2 heterocycles. The Morgan fingerprint density at radius 1 is 1.67 bits per heavy atom. The molecule has 1 aliphatic rings. The van der Waals surface area contributed by atoms with Gasteiger partial charge in [0.05, 0.1) is 17.9 Å². The van der Waals surface area contributed by atoms with Crippen LogP contribution in [0.5, 0.6) is 0 Å². The summed E-state index contributed by atoms with van der Waals surface area (Å²) in [7, 11) is 1.90. The van der Waals surface area contributed by atoms with Crippen LogP contribution >= 0.6 is 23.5 Å². The quantitative estimate of drug-likeness (QED) is 0.584. The molecule has 0 aromatic carbocycles. The van der Waals surface area contributed by atoms with Gasteiger partial charge in [-0.05, 0) is 0 Å². The van der Waals surface area contributed by atoms with Crippen LogP contribution in [0.25, 0.3) is 0 Å². The normalized spacial score (nSPS) is 24.0. The Morgan fingerprint density at radius 2 is 2.53 bits per heavy atom. The van der Waals surface area contributed by atoms with E-state index in [-0.39, 0.29) is 6.04 Å². The summed E-state index contributed by atoms with van der Waals surface area (Å²) in [5, 5.41) is 8.33. The van der Waals surface area contributed by atoms with E-state index in [9.17, 15) is 0 Å². The Morgan fingerprint density at radius 3 is 3.07 bits per heavy atom. The average molecular weight is 245 g/mol. The highest BCUT2D eigenvalue weighted by atomic mass is 32.2. The van der Waals surface area contributed by atoms with Gasteiger partial charge in [0.1, 0.15) is 0 Å². The zero-order valence-corrected chi connectivity index (χ0v) is 10.2. The van der Waals surface area contributed by atoms with Crippen molar-refractivity contribution in [2.45, 2.75) is 11.3 Å². The first kappa shape index (κ1) is 11.3. The molecule has 0 spiro atoms. The fourth-order valence-electron chi connectivity index (χ4n) is 1.66. The third kappa shape index (κ3) is 2.47. The van der Waals surface area contributed by atoms with Crippen LogP contribution in [-0.4, -0.2) is 37.5 Å². The Bertz CT molecular complexity index is 310. The summed E-state index contributed by atoms with van der Waals surface area (Å²) in [6.45, 7) is 0. The van der Waals surface area contributed by atoms with Gasteiger partial charge in [0.15, 0.2) is 0 Å². The summed E-state index contributed by atoms with van der Waals surface area (Å²) >= 11 is 3.95. The number of nitrogens with two attached hydrogens (primary N) is 1. The predicted octanol–water partition coefficient (Wildman–Crippen LogP) is 0.168. The van der Waals surface area contributed by atoms with Crippen molar-refractivity contribution < 1.29 is 0 Å². The number of nitrogens with one attached hydrogen (secondary N) is 1. The minimum atomic E-state index is 0.141. The maximum absolute atomic E-state index is 5.62. The van der Waals surface area contributed by atoms with Crippen molar-refractivity contribution in [1.29, 1.82) is 0 Å². The second-order valence-corrected chi connectivity index (χ2v) is 5.91. The topological polar surface area (TPSA) is 68.8 Å². The molecule has 0 saturated carbocycles. The van der Waals surface area contributed by atoms with Gasteiger partial charge in [-0.15, -0.1) is 5.10 Å². The molecule has 2 rings (SSSR count). The van der Waals surface area contributed by atoms with E-state index in [1.807, 2.05) is 30.6 Å². The van der Waals surface area contributed by atoms with Crippen molar-refractivity contribution in [3.8, 4) is 0 Å². The van der Waals surface area contributed by atoms with Gasteiger partial charge in [-0.2, -0.15) is 23.5 Å². The fraction of sp³-hybridized carbons (Fsp3) is 0.750. The minimum absolute atomic E-state index is 0.141. The fourth-order valence-corrected chi connectivity index (χ4v) is 4.50. The largest absolute Gasteiger partial charge is 0.271 e. The summed E-state index contributed by atoms with van der Waals surface area (Å²) in [5.41, 5.74) is 3.93. The highest BCUT2D eigenvalue weighted by molar-refractivity contribution is 8.06. The maximum atomic E-state index is 5.62. The van der Waals surface area contributed by atoms with Crippen molar-refractivity contribution in [1.82, 2.24) is 20.4 Å². The lowest BCUT2D eigenvalue weighted by atomic mass is 10.2. The molecule has 84 valence electrons. The molecule has 1 saturated heterocycles. The Kier molecular flexibility index (Phi) is 3.90. The lowest BCUT2D eigenvalue weighted by Crippen LogP contribution is -2.38. The standard InChI is InChI=1S/C8H15N5S2/c1-13-6(4-10-12-13)8(11-9)7-5-14-2-3-15-7/h4,7-8,11H,2-3,5,9H2,1H3. The average Bonchev–Trinajstić information content (AvgIpc) is 2.68. The molecular formula is C8H15N5S2. The summed E-state index contributed by atoms with van der Waals surface area (Å²) in [6, 6.07) is 0.141. The molecule has 2 atom stereocenters. The number of hydrogen-bond donors (Lipinski definition) is 2. The molecule has 1 aliphatic heterocycles. The van der Waals surface area contributed by atoms with E-state index in [4.69, 9.17) is 5.84 Å². The molecule has 15 heavy (non-hydrogen) atoms. The molecule has 0 radical (unpaired) electrons. The van der Waals surface area contributed by atoms with E-state index in [0.717, 1.165) is 11.4 Å². The maximum Gasteiger partial charge on any atom is 0.0778 e. The van der Waals surface area contributed by atoms with Crippen LogP contribution in [0.4, 0.5) is 0 Å². The van der Waals surface area contributed by atoms with Crippen molar-refractivity contribution in [2.75, 3.05) is 17.3 Å². The highest BCUT2D eigenvalue weighted by Crippen LogP contribution is 2.32. The minimum Gasteiger partial charge on any atom is -0.271 e. The number of hydrogen-bond acceptors (Lipinski definition) is 6. The van der Waals surface area contributed by atoms with Gasteiger partial charge in [-0.1, -0.05) is 5.21 Å². The van der Waals surface area contributed by atoms with Gasteiger partial charge >= 0.3 is 0 Å². The third-order valence-electron chi connectivity index (χ3n) is 2.46. The molecule has 5 nitrogen and oxygen atoms in total. The Labute approximate surface area is 97.5 Å². The smallest absolute Gasteiger partial charge is 0.0778 e. The summed E-state index contributed by atoms with van der Waals surface area (Å²) in [6.07, 6.45) is 1.78. The van der Waals surface area contributed by atoms with Gasteiger partial charge in [0.2, 0.25) is 0 Å². The van der Waals surface area contributed by atoms with Crippen LogP contribution in [0, 0.1) is 0 Å². The second-order valence-electron chi connectivity index (χ2n) is 3.41. The molecule has 1 aromatic heterocycles. The van der Waals surface area contributed by atoms with E-state index < -0.39 is 0 Å². The van der Waals surface area contributed by atoms with Gasteiger partial charge < -0.3 is 0 Å². The van der Waals surface area contributed by atoms with Crippen molar-refractivity contribution in [2.24, 2.45) is 12.9 Å². The Hall–Kier alpha value is -0.240. The van der Waals surface area contributed by atoms with Gasteiger partial charge in [0, 0.05) is 29.6 Å². The molecule has 1 aromatic rings. The van der Waals surface area contributed by atoms with Crippen LogP contribution < -0.4 is 11.3 Å². The number of nitrogens with zero attached hydrogens (tertiary/aromatic N) is 3. The van der Waals surface area contributed by atoms with Crippen LogP contribution in [0.2, 0.25) is 0 Å². The monoisotopic (exact) mass is 245 g/mol. The predicted molar refractivity (Wildman–Crippen MR) is 64.6 cm³/mol. The number of rotatable bonds is 3. The lowest BCUT2D eigenvalue weighted by Gasteiger charge is -2.28. The van der Waals surface area contributed by atoms with Crippen LogP contribution in [0.3, 0.4) is 0 Å². The van der Waals surface area contributed by atoms with Crippen LogP contribution in [0.1, 0.15) is 11.7 Å². The number of aromatic nitrogens is 3. The number of thioether (sulfide) groups is 2. The molecule has 3 N–H and O–H groups in total. The first-order chi connectivity index (χ1) is 7.33. The summed E-state index contributed by atoms with van der Waals surface area (Å²) in [4.78, 5) is 0. The first-order valence-corrected chi connectivity index (χ1v) is 7.03. The molecule has 0 amide bonds. The molecule has 7 heteroatoms. The third-order valence-corrected chi connectivity index (χ3v) is 5.33. The van der Waals surface area contributed by atoms with E-state index in [1.165, 1.54) is 11.5 Å². The highest BCUT2D eigenvalue weighted by Gasteiger charge is 2.27. The van der Waals surface area contributed by atoms with Crippen LogP contribution in [-0.2, 0) is 7.05 Å². The molecule has 0 bridgehead atoms. The van der Waals surface area contributed by atoms with E-state index in [2.05, 4.69) is 15.7 Å². The first-order valence-electron chi connectivity index (χ1n) is 4.83. The molecule has 2 unspecified atom stereocenters. The number of aryl methyl sites for hydroxylation is 1. The molecular weight excluding hydrogens is 230 g/mol. The number of hydrazine groups is 1. The van der Waals surface area contributed by atoms with Crippen molar-refractivity contribution >= 4 is 23.5 Å². The Balaban J connectivity index is 2.12. The SMILES string of the molecule is Cn1nncc1C(NN)C1CSCCS1. The lowest BCUT2D eigenvalue weighted by molar-refractivity contribution is 0.508. The van der Waals surface area contributed by atoms with Gasteiger partial charge in [0.25, 0.3) is 0 Å². The summed E-state index contributed by atoms with van der Waals surface area (Å²) in [5.74, 6) is 9.18. The van der Waals surface area contributed by atoms with E-state index in [1.54, 1.807) is 10.9 Å². The summed E-state index contributed by atoms with van der Waals surface area (Å²) < 4.78 is 1.78. The van der Waals surface area contributed by atoms with Crippen molar-refractivity contribution in [3.05, 3.63) is 11.9 Å². The van der Waals surface area contributed by atoms with Crippen LogP contribution in [0.15, 0.2) is 6.20 Å². The van der Waals surface area contributed by atoms with Crippen molar-refractivity contribution in [3.63, 3.8) is 0 Å². The molecule has 1 fully saturated rings. The van der Waals surface area contributed by atoms with Gasteiger partial charge in [-0.25, -0.2) is 0 Å². The van der Waals surface area contributed by atoms with Gasteiger partial charge in [-0.3, -0.25) is 16.0 Å².